The van der Waals surface area contributed by atoms with Crippen LogP contribution in [0.15, 0.2) is 22.7 Å². The molecule has 0 unspecified atom stereocenters. The van der Waals surface area contributed by atoms with E-state index >= 15 is 0 Å². The minimum atomic E-state index is 0.115. The topological polar surface area (TPSA) is 29.1 Å². The van der Waals surface area contributed by atoms with Gasteiger partial charge in [-0.3, -0.25) is 4.79 Å². The zero-order valence-corrected chi connectivity index (χ0v) is 12.8. The van der Waals surface area contributed by atoms with Gasteiger partial charge in [-0.05, 0) is 37.1 Å². The Morgan fingerprint density at radius 1 is 1.17 bits per heavy atom. The fraction of sp³-hybridized carbons (Fsp3) is 0.533. The van der Waals surface area contributed by atoms with Crippen molar-refractivity contribution < 1.29 is 4.79 Å². The van der Waals surface area contributed by atoms with Crippen LogP contribution in [0, 0.1) is 6.92 Å². The summed E-state index contributed by atoms with van der Waals surface area (Å²) in [6, 6.07) is 5.95. The lowest BCUT2D eigenvalue weighted by Crippen LogP contribution is -2.11. The molecule has 0 radical (unpaired) electrons. The van der Waals surface area contributed by atoms with E-state index < -0.39 is 0 Å². The Bertz CT molecular complexity index is 370. The van der Waals surface area contributed by atoms with Crippen LogP contribution >= 0.6 is 15.9 Å². The van der Waals surface area contributed by atoms with E-state index in [9.17, 15) is 4.79 Å². The molecule has 0 spiro atoms. The van der Waals surface area contributed by atoms with Crippen molar-refractivity contribution in [2.75, 3.05) is 5.32 Å². The number of benzene rings is 1. The van der Waals surface area contributed by atoms with Crippen molar-refractivity contribution >= 4 is 27.5 Å². The number of nitrogens with one attached hydrogen (secondary N) is 1. The second-order valence-electron chi connectivity index (χ2n) is 4.73. The predicted molar refractivity (Wildman–Crippen MR) is 80.9 cm³/mol. The van der Waals surface area contributed by atoms with Gasteiger partial charge in [-0.15, -0.1) is 0 Å². The molecule has 1 aromatic carbocycles. The van der Waals surface area contributed by atoms with Crippen LogP contribution < -0.4 is 5.32 Å². The summed E-state index contributed by atoms with van der Waals surface area (Å²) in [6.45, 7) is 4.22. The lowest BCUT2D eigenvalue weighted by atomic mass is 10.1. The minimum absolute atomic E-state index is 0.115. The van der Waals surface area contributed by atoms with Crippen molar-refractivity contribution in [2.24, 2.45) is 0 Å². The second kappa shape index (κ2) is 8.30. The number of amides is 1. The zero-order chi connectivity index (χ0) is 13.4. The van der Waals surface area contributed by atoms with Gasteiger partial charge < -0.3 is 5.32 Å². The molecule has 0 bridgehead atoms. The standard InChI is InChI=1S/C15H22BrNO/c1-3-4-5-6-7-8-15(18)17-14-10-12(2)9-13(16)11-14/h9-11H,3-8H2,1-2H3,(H,17,18). The average molecular weight is 312 g/mol. The van der Waals surface area contributed by atoms with E-state index in [0.29, 0.717) is 6.42 Å². The third kappa shape index (κ3) is 6.20. The van der Waals surface area contributed by atoms with Crippen LogP contribution in [0.1, 0.15) is 51.0 Å². The van der Waals surface area contributed by atoms with Crippen molar-refractivity contribution in [2.45, 2.75) is 52.4 Å². The third-order valence-electron chi connectivity index (χ3n) is 2.83. The third-order valence-corrected chi connectivity index (χ3v) is 3.29. The van der Waals surface area contributed by atoms with E-state index in [-0.39, 0.29) is 5.91 Å². The number of anilines is 1. The normalized spacial score (nSPS) is 10.4. The van der Waals surface area contributed by atoms with Crippen molar-refractivity contribution in [1.82, 2.24) is 0 Å². The maximum atomic E-state index is 11.7. The number of unbranched alkanes of at least 4 members (excludes halogenated alkanes) is 4. The molecular formula is C15H22BrNO. The summed E-state index contributed by atoms with van der Waals surface area (Å²) in [7, 11) is 0. The van der Waals surface area contributed by atoms with Crippen molar-refractivity contribution in [1.29, 1.82) is 0 Å². The largest absolute Gasteiger partial charge is 0.326 e. The van der Waals surface area contributed by atoms with Gasteiger partial charge in [0.1, 0.15) is 0 Å². The molecule has 100 valence electrons. The fourth-order valence-corrected chi connectivity index (χ4v) is 2.53. The summed E-state index contributed by atoms with van der Waals surface area (Å²) in [5, 5.41) is 2.95. The lowest BCUT2D eigenvalue weighted by molar-refractivity contribution is -0.116. The fourth-order valence-electron chi connectivity index (χ4n) is 1.92. The molecule has 0 aromatic heterocycles. The highest BCUT2D eigenvalue weighted by molar-refractivity contribution is 9.10. The molecule has 1 amide bonds. The monoisotopic (exact) mass is 311 g/mol. The van der Waals surface area contributed by atoms with Crippen LogP contribution in [0.4, 0.5) is 5.69 Å². The second-order valence-corrected chi connectivity index (χ2v) is 5.65. The van der Waals surface area contributed by atoms with Gasteiger partial charge >= 0.3 is 0 Å². The molecule has 18 heavy (non-hydrogen) atoms. The zero-order valence-electron chi connectivity index (χ0n) is 11.3. The molecule has 0 saturated carbocycles. The Labute approximate surface area is 118 Å². The molecule has 3 heteroatoms. The Morgan fingerprint density at radius 3 is 2.56 bits per heavy atom. The summed E-state index contributed by atoms with van der Waals surface area (Å²) in [5.41, 5.74) is 2.02. The van der Waals surface area contributed by atoms with Crippen LogP contribution in [-0.4, -0.2) is 5.91 Å². The smallest absolute Gasteiger partial charge is 0.224 e. The molecular weight excluding hydrogens is 290 g/mol. The minimum Gasteiger partial charge on any atom is -0.326 e. The molecule has 2 nitrogen and oxygen atoms in total. The van der Waals surface area contributed by atoms with Gasteiger partial charge in [0.2, 0.25) is 5.91 Å². The molecule has 0 aliphatic heterocycles. The first kappa shape index (κ1) is 15.2. The van der Waals surface area contributed by atoms with Crippen molar-refractivity contribution in [3.63, 3.8) is 0 Å². The maximum absolute atomic E-state index is 11.7. The van der Waals surface area contributed by atoms with Gasteiger partial charge in [0.15, 0.2) is 0 Å². The summed E-state index contributed by atoms with van der Waals surface area (Å²) < 4.78 is 1.00. The first-order valence-electron chi connectivity index (χ1n) is 6.69. The molecule has 0 fully saturated rings. The Kier molecular flexibility index (Phi) is 7.02. The molecule has 1 rings (SSSR count). The van der Waals surface area contributed by atoms with Gasteiger partial charge in [-0.25, -0.2) is 0 Å². The number of hydrogen-bond donors (Lipinski definition) is 1. The molecule has 1 aromatic rings. The van der Waals surface area contributed by atoms with Gasteiger partial charge in [0.05, 0.1) is 0 Å². The van der Waals surface area contributed by atoms with E-state index in [1.165, 1.54) is 19.3 Å². The van der Waals surface area contributed by atoms with E-state index in [1.807, 2.05) is 25.1 Å². The summed E-state index contributed by atoms with van der Waals surface area (Å²) >= 11 is 3.43. The summed E-state index contributed by atoms with van der Waals surface area (Å²) in [5.74, 6) is 0.115. The van der Waals surface area contributed by atoms with E-state index in [4.69, 9.17) is 0 Å². The first-order chi connectivity index (χ1) is 8.61. The number of carbonyl (C=O) groups is 1. The molecule has 1 N–H and O–H groups in total. The number of carbonyl (C=O) groups excluding carboxylic acids is 1. The Morgan fingerprint density at radius 2 is 1.89 bits per heavy atom. The SMILES string of the molecule is CCCCCCCC(=O)Nc1cc(C)cc(Br)c1. The Balaban J connectivity index is 2.31. The maximum Gasteiger partial charge on any atom is 0.224 e. The number of rotatable bonds is 7. The van der Waals surface area contributed by atoms with Crippen LogP contribution in [0.3, 0.4) is 0 Å². The van der Waals surface area contributed by atoms with Gasteiger partial charge in [-0.1, -0.05) is 48.5 Å². The molecule has 0 heterocycles. The van der Waals surface area contributed by atoms with Crippen LogP contribution in [0.5, 0.6) is 0 Å². The highest BCUT2D eigenvalue weighted by atomic mass is 79.9. The van der Waals surface area contributed by atoms with Crippen LogP contribution in [0.2, 0.25) is 0 Å². The van der Waals surface area contributed by atoms with Crippen LogP contribution in [-0.2, 0) is 4.79 Å². The molecule has 0 saturated heterocycles. The van der Waals surface area contributed by atoms with E-state index in [0.717, 1.165) is 28.6 Å². The van der Waals surface area contributed by atoms with E-state index in [2.05, 4.69) is 28.2 Å². The van der Waals surface area contributed by atoms with Crippen molar-refractivity contribution in [3.05, 3.63) is 28.2 Å². The first-order valence-corrected chi connectivity index (χ1v) is 7.48. The molecule has 0 aliphatic carbocycles. The van der Waals surface area contributed by atoms with Crippen molar-refractivity contribution in [3.8, 4) is 0 Å². The van der Waals surface area contributed by atoms with E-state index in [1.54, 1.807) is 0 Å². The van der Waals surface area contributed by atoms with Gasteiger partial charge in [-0.2, -0.15) is 0 Å². The molecule has 0 aliphatic rings. The van der Waals surface area contributed by atoms with Crippen LogP contribution in [0.25, 0.3) is 0 Å². The summed E-state index contributed by atoms with van der Waals surface area (Å²) in [6.07, 6.45) is 6.50. The quantitative estimate of drug-likeness (QED) is 0.701. The number of aryl methyl sites for hydroxylation is 1. The molecule has 0 atom stereocenters. The number of hydrogen-bond acceptors (Lipinski definition) is 1. The summed E-state index contributed by atoms with van der Waals surface area (Å²) in [4.78, 5) is 11.7. The number of halogens is 1. The predicted octanol–water partition coefficient (Wildman–Crippen LogP) is 5.06. The lowest BCUT2D eigenvalue weighted by Gasteiger charge is -2.07. The highest BCUT2D eigenvalue weighted by Gasteiger charge is 2.03. The average Bonchev–Trinajstić information content (AvgIpc) is 2.27. The highest BCUT2D eigenvalue weighted by Crippen LogP contribution is 2.19. The van der Waals surface area contributed by atoms with Gasteiger partial charge in [0, 0.05) is 16.6 Å². The van der Waals surface area contributed by atoms with Gasteiger partial charge in [0.25, 0.3) is 0 Å². The Hall–Kier alpha value is -0.830.